The highest BCUT2D eigenvalue weighted by Gasteiger charge is 2.12. The predicted molar refractivity (Wildman–Crippen MR) is 95.5 cm³/mol. The fourth-order valence-electron chi connectivity index (χ4n) is 2.24. The van der Waals surface area contributed by atoms with Crippen LogP contribution in [0.4, 0.5) is 0 Å². The average Bonchev–Trinajstić information content (AvgIpc) is 2.61. The van der Waals surface area contributed by atoms with Gasteiger partial charge in [0.25, 0.3) is 0 Å². The monoisotopic (exact) mass is 340 g/mol. The van der Waals surface area contributed by atoms with Gasteiger partial charge in [0, 0.05) is 0 Å². The van der Waals surface area contributed by atoms with Gasteiger partial charge in [0.1, 0.15) is 11.5 Å². The minimum atomic E-state index is -0.985. The third-order valence-corrected chi connectivity index (χ3v) is 3.41. The van der Waals surface area contributed by atoms with E-state index in [0.717, 1.165) is 5.56 Å². The quantitative estimate of drug-likeness (QED) is 0.579. The molecule has 2 aromatic rings. The smallest absolute Gasteiger partial charge is 0.335 e. The second-order valence-electron chi connectivity index (χ2n) is 5.15. The van der Waals surface area contributed by atoms with Gasteiger partial charge in [0.15, 0.2) is 5.78 Å². The predicted octanol–water partition coefficient (Wildman–Crippen LogP) is 4.08. The summed E-state index contributed by atoms with van der Waals surface area (Å²) in [4.78, 5) is 23.4. The zero-order valence-corrected chi connectivity index (χ0v) is 14.2. The maximum absolute atomic E-state index is 12.5. The fraction of sp³-hybridized carbons (Fsp3) is 0.200. The van der Waals surface area contributed by atoms with Crippen LogP contribution in [0.3, 0.4) is 0 Å². The molecule has 0 heterocycles. The maximum Gasteiger partial charge on any atom is 0.335 e. The van der Waals surface area contributed by atoms with Crippen LogP contribution >= 0.6 is 0 Å². The first-order valence-corrected chi connectivity index (χ1v) is 8.00. The van der Waals surface area contributed by atoms with Crippen molar-refractivity contribution in [2.45, 2.75) is 13.8 Å². The van der Waals surface area contributed by atoms with E-state index in [1.165, 1.54) is 18.2 Å². The van der Waals surface area contributed by atoms with E-state index in [1.807, 2.05) is 13.8 Å². The molecule has 0 radical (unpaired) electrons. The molecule has 0 saturated carbocycles. The molecular weight excluding hydrogens is 320 g/mol. The van der Waals surface area contributed by atoms with Crippen LogP contribution in [0.2, 0.25) is 0 Å². The van der Waals surface area contributed by atoms with Gasteiger partial charge in [-0.25, -0.2) is 4.79 Å². The number of rotatable bonds is 8. The van der Waals surface area contributed by atoms with Gasteiger partial charge in [-0.3, -0.25) is 4.79 Å². The van der Waals surface area contributed by atoms with Crippen molar-refractivity contribution in [3.05, 3.63) is 65.2 Å². The summed E-state index contributed by atoms with van der Waals surface area (Å²) in [6, 6.07) is 11.4. The number of hydrogen-bond acceptors (Lipinski definition) is 4. The molecular formula is C20H20O5. The topological polar surface area (TPSA) is 72.8 Å². The standard InChI is InChI=1S/C20H20O5/c1-3-24-16-10-12-19(25-4-2)17(13-16)18(21)11-7-14-5-8-15(9-6-14)20(22)23/h5-13H,3-4H2,1-2H3,(H,22,23)/b11-7+. The minimum Gasteiger partial charge on any atom is -0.494 e. The molecule has 0 unspecified atom stereocenters. The molecule has 0 aliphatic carbocycles. The lowest BCUT2D eigenvalue weighted by molar-refractivity contribution is 0.0696. The van der Waals surface area contributed by atoms with Gasteiger partial charge >= 0.3 is 5.97 Å². The second kappa shape index (κ2) is 8.68. The lowest BCUT2D eigenvalue weighted by Crippen LogP contribution is -2.03. The Bertz CT molecular complexity index is 775. The molecule has 5 nitrogen and oxygen atoms in total. The van der Waals surface area contributed by atoms with E-state index in [-0.39, 0.29) is 11.3 Å². The Balaban J connectivity index is 2.23. The van der Waals surface area contributed by atoms with E-state index in [0.29, 0.717) is 30.3 Å². The lowest BCUT2D eigenvalue weighted by Gasteiger charge is -2.10. The zero-order valence-electron chi connectivity index (χ0n) is 14.2. The summed E-state index contributed by atoms with van der Waals surface area (Å²) in [5.41, 5.74) is 1.36. The first kappa shape index (κ1) is 18.3. The van der Waals surface area contributed by atoms with Gasteiger partial charge in [-0.2, -0.15) is 0 Å². The molecule has 0 aliphatic heterocycles. The number of ether oxygens (including phenoxy) is 2. The number of carbonyl (C=O) groups excluding carboxylic acids is 1. The van der Waals surface area contributed by atoms with Gasteiger partial charge in [0.2, 0.25) is 0 Å². The molecule has 0 atom stereocenters. The SMILES string of the molecule is CCOc1ccc(OCC)c(C(=O)/C=C/c2ccc(C(=O)O)cc2)c1. The van der Waals surface area contributed by atoms with E-state index < -0.39 is 5.97 Å². The third kappa shape index (κ3) is 4.94. The van der Waals surface area contributed by atoms with E-state index in [4.69, 9.17) is 14.6 Å². The van der Waals surface area contributed by atoms with Crippen LogP contribution in [0.1, 0.15) is 40.1 Å². The molecule has 0 aromatic heterocycles. The van der Waals surface area contributed by atoms with Crippen molar-refractivity contribution in [3.8, 4) is 11.5 Å². The first-order valence-electron chi connectivity index (χ1n) is 8.00. The first-order chi connectivity index (χ1) is 12.0. The highest BCUT2D eigenvalue weighted by atomic mass is 16.5. The van der Waals surface area contributed by atoms with E-state index in [2.05, 4.69) is 0 Å². The van der Waals surface area contributed by atoms with Gasteiger partial charge < -0.3 is 14.6 Å². The highest BCUT2D eigenvalue weighted by Crippen LogP contribution is 2.25. The largest absolute Gasteiger partial charge is 0.494 e. The lowest BCUT2D eigenvalue weighted by atomic mass is 10.1. The maximum atomic E-state index is 12.5. The molecule has 5 heteroatoms. The number of carboxylic acids is 1. The molecule has 0 amide bonds. The Morgan fingerprint density at radius 2 is 1.68 bits per heavy atom. The van der Waals surface area contributed by atoms with Crippen LogP contribution in [0.25, 0.3) is 6.08 Å². The molecule has 2 rings (SSSR count). The van der Waals surface area contributed by atoms with E-state index >= 15 is 0 Å². The molecule has 0 spiro atoms. The number of carboxylic acid groups (broad SMARTS) is 1. The van der Waals surface area contributed by atoms with E-state index in [9.17, 15) is 9.59 Å². The highest BCUT2D eigenvalue weighted by molar-refractivity contribution is 6.09. The summed E-state index contributed by atoms with van der Waals surface area (Å²) in [7, 11) is 0. The second-order valence-corrected chi connectivity index (χ2v) is 5.15. The number of carbonyl (C=O) groups is 2. The number of hydrogen-bond donors (Lipinski definition) is 1. The molecule has 0 aliphatic rings. The summed E-state index contributed by atoms with van der Waals surface area (Å²) >= 11 is 0. The Labute approximate surface area is 146 Å². The number of benzene rings is 2. The van der Waals surface area contributed by atoms with Crippen LogP contribution in [0.15, 0.2) is 48.5 Å². The average molecular weight is 340 g/mol. The van der Waals surface area contributed by atoms with Crippen molar-refractivity contribution >= 4 is 17.8 Å². The summed E-state index contributed by atoms with van der Waals surface area (Å²) < 4.78 is 11.0. The van der Waals surface area contributed by atoms with Crippen LogP contribution in [-0.2, 0) is 0 Å². The molecule has 1 N–H and O–H groups in total. The molecule has 0 saturated heterocycles. The van der Waals surface area contributed by atoms with Crippen molar-refractivity contribution in [1.29, 1.82) is 0 Å². The molecule has 0 fully saturated rings. The fourth-order valence-corrected chi connectivity index (χ4v) is 2.24. The minimum absolute atomic E-state index is 0.200. The number of ketones is 1. The zero-order chi connectivity index (χ0) is 18.2. The van der Waals surface area contributed by atoms with Crippen LogP contribution < -0.4 is 9.47 Å². The Kier molecular flexibility index (Phi) is 6.34. The van der Waals surface area contributed by atoms with Crippen molar-refractivity contribution < 1.29 is 24.2 Å². The number of allylic oxidation sites excluding steroid dienone is 1. The molecule has 130 valence electrons. The van der Waals surface area contributed by atoms with E-state index in [1.54, 1.807) is 36.4 Å². The summed E-state index contributed by atoms with van der Waals surface area (Å²) in [6.45, 7) is 4.69. The van der Waals surface area contributed by atoms with Crippen molar-refractivity contribution in [3.63, 3.8) is 0 Å². The summed E-state index contributed by atoms with van der Waals surface area (Å²) in [5, 5.41) is 8.90. The van der Waals surface area contributed by atoms with Crippen molar-refractivity contribution in [2.24, 2.45) is 0 Å². The number of aromatic carboxylic acids is 1. The van der Waals surface area contributed by atoms with Crippen LogP contribution in [0, 0.1) is 0 Å². The summed E-state index contributed by atoms with van der Waals surface area (Å²) in [5.74, 6) is -0.0941. The van der Waals surface area contributed by atoms with Gasteiger partial charge in [-0.05, 0) is 55.8 Å². The molecule has 0 bridgehead atoms. The van der Waals surface area contributed by atoms with Crippen molar-refractivity contribution in [1.82, 2.24) is 0 Å². The Morgan fingerprint density at radius 3 is 2.28 bits per heavy atom. The summed E-state index contributed by atoms with van der Waals surface area (Å²) in [6.07, 6.45) is 3.07. The van der Waals surface area contributed by atoms with Crippen LogP contribution in [-0.4, -0.2) is 30.1 Å². The molecule has 2 aromatic carbocycles. The Hall–Kier alpha value is -3.08. The van der Waals surface area contributed by atoms with Gasteiger partial charge in [-0.1, -0.05) is 18.2 Å². The van der Waals surface area contributed by atoms with Crippen LogP contribution in [0.5, 0.6) is 11.5 Å². The van der Waals surface area contributed by atoms with Crippen molar-refractivity contribution in [2.75, 3.05) is 13.2 Å². The van der Waals surface area contributed by atoms with Gasteiger partial charge in [0.05, 0.1) is 24.3 Å². The Morgan fingerprint density at radius 1 is 1.00 bits per heavy atom. The van der Waals surface area contributed by atoms with Gasteiger partial charge in [-0.15, -0.1) is 0 Å². The molecule has 25 heavy (non-hydrogen) atoms. The third-order valence-electron chi connectivity index (χ3n) is 3.41. The normalized spacial score (nSPS) is 10.6.